The van der Waals surface area contributed by atoms with Gasteiger partial charge in [0.05, 0.1) is 11.5 Å². The summed E-state index contributed by atoms with van der Waals surface area (Å²) in [5, 5.41) is 3.52. The maximum absolute atomic E-state index is 12.8. The number of hydrogen-bond acceptors (Lipinski definition) is 5. The second-order valence-corrected chi connectivity index (χ2v) is 8.43. The lowest BCUT2D eigenvalue weighted by Crippen LogP contribution is -2.25. The van der Waals surface area contributed by atoms with E-state index in [9.17, 15) is 13.2 Å². The van der Waals surface area contributed by atoms with Crippen LogP contribution in [0.25, 0.3) is 11.0 Å². The molecule has 4 rings (SSSR count). The molecule has 1 aromatic heterocycles. The first kappa shape index (κ1) is 18.7. The van der Waals surface area contributed by atoms with Gasteiger partial charge in [0.1, 0.15) is 5.58 Å². The topological polar surface area (TPSA) is 97.6 Å². The Kier molecular flexibility index (Phi) is 4.92. The molecule has 1 aliphatic rings. The van der Waals surface area contributed by atoms with Crippen molar-refractivity contribution >= 4 is 32.6 Å². The first-order chi connectivity index (χ1) is 13.5. The van der Waals surface area contributed by atoms with Crippen molar-refractivity contribution in [1.82, 2.24) is 4.72 Å². The Labute approximate surface area is 162 Å². The van der Waals surface area contributed by atoms with Crippen LogP contribution in [-0.2, 0) is 21.4 Å². The van der Waals surface area contributed by atoms with E-state index in [-0.39, 0.29) is 23.3 Å². The van der Waals surface area contributed by atoms with Crippen LogP contribution >= 0.6 is 0 Å². The minimum absolute atomic E-state index is 0.00963. The molecule has 0 bridgehead atoms. The molecule has 146 valence electrons. The van der Waals surface area contributed by atoms with E-state index in [1.807, 2.05) is 18.2 Å². The smallest absolute Gasteiger partial charge is 0.291 e. The van der Waals surface area contributed by atoms with Gasteiger partial charge >= 0.3 is 0 Å². The summed E-state index contributed by atoms with van der Waals surface area (Å²) in [6, 6.07) is 13.5. The Balaban J connectivity index is 1.61. The number of ether oxygens (including phenoxy) is 1. The summed E-state index contributed by atoms with van der Waals surface area (Å²) in [5.74, 6) is -0.319. The molecule has 1 amide bonds. The van der Waals surface area contributed by atoms with Gasteiger partial charge in [0.25, 0.3) is 5.91 Å². The predicted molar refractivity (Wildman–Crippen MR) is 105 cm³/mol. The number of sulfonamides is 1. The number of carbonyl (C=O) groups is 1. The van der Waals surface area contributed by atoms with Gasteiger partial charge in [-0.05, 0) is 37.1 Å². The van der Waals surface area contributed by atoms with Gasteiger partial charge in [-0.1, -0.05) is 24.3 Å². The van der Waals surface area contributed by atoms with Crippen molar-refractivity contribution in [2.45, 2.75) is 30.4 Å². The van der Waals surface area contributed by atoms with E-state index in [4.69, 9.17) is 9.15 Å². The molecule has 7 nitrogen and oxygen atoms in total. The highest BCUT2D eigenvalue weighted by atomic mass is 32.2. The van der Waals surface area contributed by atoms with E-state index in [1.165, 1.54) is 12.1 Å². The highest BCUT2D eigenvalue weighted by Crippen LogP contribution is 2.28. The molecule has 2 N–H and O–H groups in total. The molecule has 2 aromatic carbocycles. The predicted octanol–water partition coefficient (Wildman–Crippen LogP) is 3.27. The molecule has 0 aliphatic heterocycles. The Morgan fingerprint density at radius 1 is 1.18 bits per heavy atom. The van der Waals surface area contributed by atoms with Crippen LogP contribution < -0.4 is 10.0 Å². The number of anilines is 1. The molecule has 0 saturated heterocycles. The minimum atomic E-state index is -3.60. The fourth-order valence-corrected chi connectivity index (χ4v) is 4.34. The van der Waals surface area contributed by atoms with Gasteiger partial charge in [-0.2, -0.15) is 0 Å². The van der Waals surface area contributed by atoms with Gasteiger partial charge in [-0.3, -0.25) is 4.79 Å². The molecular formula is C20H20N2O5S. The SMILES string of the molecule is COCc1c(C(=O)Nc2cccc(S(=O)(=O)NC3CC3)c2)oc2ccccc12. The number of para-hydroxylation sites is 1. The zero-order valence-corrected chi connectivity index (χ0v) is 16.1. The van der Waals surface area contributed by atoms with Crippen molar-refractivity contribution in [3.63, 3.8) is 0 Å². The summed E-state index contributed by atoms with van der Waals surface area (Å²) in [4.78, 5) is 12.9. The number of nitrogens with one attached hydrogen (secondary N) is 2. The molecule has 0 spiro atoms. The van der Waals surface area contributed by atoms with Gasteiger partial charge in [-0.25, -0.2) is 13.1 Å². The zero-order valence-electron chi connectivity index (χ0n) is 15.3. The Hall–Kier alpha value is -2.68. The van der Waals surface area contributed by atoms with E-state index in [1.54, 1.807) is 25.3 Å². The van der Waals surface area contributed by atoms with Gasteiger partial charge in [-0.15, -0.1) is 0 Å². The third-order valence-corrected chi connectivity index (χ3v) is 6.01. The molecule has 3 aromatic rings. The maximum atomic E-state index is 12.8. The fraction of sp³-hybridized carbons (Fsp3) is 0.250. The third kappa shape index (κ3) is 3.80. The van der Waals surface area contributed by atoms with Crippen molar-refractivity contribution in [3.05, 3.63) is 59.9 Å². The molecule has 28 heavy (non-hydrogen) atoms. The summed E-state index contributed by atoms with van der Waals surface area (Å²) in [6.45, 7) is 0.222. The van der Waals surface area contributed by atoms with Crippen molar-refractivity contribution < 1.29 is 22.4 Å². The monoisotopic (exact) mass is 400 g/mol. The van der Waals surface area contributed by atoms with E-state index >= 15 is 0 Å². The second kappa shape index (κ2) is 7.38. The molecule has 1 saturated carbocycles. The number of furan rings is 1. The number of methoxy groups -OCH3 is 1. The van der Waals surface area contributed by atoms with Gasteiger partial charge in [0, 0.05) is 29.8 Å². The van der Waals surface area contributed by atoms with Crippen molar-refractivity contribution in [3.8, 4) is 0 Å². The number of fused-ring (bicyclic) bond motifs is 1. The summed E-state index contributed by atoms with van der Waals surface area (Å²) in [5.41, 5.74) is 1.60. The molecule has 1 fully saturated rings. The maximum Gasteiger partial charge on any atom is 0.291 e. The highest BCUT2D eigenvalue weighted by Gasteiger charge is 2.28. The van der Waals surface area contributed by atoms with Crippen LogP contribution in [-0.4, -0.2) is 27.5 Å². The Morgan fingerprint density at radius 2 is 1.96 bits per heavy atom. The molecule has 0 radical (unpaired) electrons. The highest BCUT2D eigenvalue weighted by molar-refractivity contribution is 7.89. The second-order valence-electron chi connectivity index (χ2n) is 6.72. The number of benzene rings is 2. The first-order valence-electron chi connectivity index (χ1n) is 8.91. The average molecular weight is 400 g/mol. The van der Waals surface area contributed by atoms with Crippen LogP contribution in [0.2, 0.25) is 0 Å². The molecular weight excluding hydrogens is 380 g/mol. The third-order valence-electron chi connectivity index (χ3n) is 4.49. The van der Waals surface area contributed by atoms with E-state index in [0.29, 0.717) is 16.8 Å². The van der Waals surface area contributed by atoms with Crippen LogP contribution in [0.15, 0.2) is 57.8 Å². The number of amides is 1. The number of rotatable bonds is 7. The average Bonchev–Trinajstić information content (AvgIpc) is 3.40. The first-order valence-corrected chi connectivity index (χ1v) is 10.4. The molecule has 8 heteroatoms. The van der Waals surface area contributed by atoms with Crippen LogP contribution in [0.5, 0.6) is 0 Å². The molecule has 1 aliphatic carbocycles. The van der Waals surface area contributed by atoms with E-state index in [0.717, 1.165) is 18.2 Å². The van der Waals surface area contributed by atoms with Crippen molar-refractivity contribution in [2.75, 3.05) is 12.4 Å². The van der Waals surface area contributed by atoms with E-state index < -0.39 is 15.9 Å². The van der Waals surface area contributed by atoms with Gasteiger partial charge in [0.15, 0.2) is 5.76 Å². The summed E-state index contributed by atoms with van der Waals surface area (Å²) < 4.78 is 38.3. The fourth-order valence-electron chi connectivity index (χ4n) is 2.99. The number of hydrogen-bond donors (Lipinski definition) is 2. The summed E-state index contributed by atoms with van der Waals surface area (Å²) >= 11 is 0. The van der Waals surface area contributed by atoms with Crippen LogP contribution in [0.4, 0.5) is 5.69 Å². The largest absolute Gasteiger partial charge is 0.451 e. The molecule has 0 unspecified atom stereocenters. The van der Waals surface area contributed by atoms with Crippen molar-refractivity contribution in [1.29, 1.82) is 0 Å². The molecule has 1 heterocycles. The Morgan fingerprint density at radius 3 is 2.71 bits per heavy atom. The van der Waals surface area contributed by atoms with E-state index in [2.05, 4.69) is 10.0 Å². The normalized spacial score (nSPS) is 14.3. The lowest BCUT2D eigenvalue weighted by Gasteiger charge is -2.09. The lowest BCUT2D eigenvalue weighted by atomic mass is 10.1. The standard InChI is InChI=1S/C20H20N2O5S/c1-26-12-17-16-7-2-3-8-18(16)27-19(17)20(23)21-14-5-4-6-15(11-14)28(24,25)22-13-9-10-13/h2-8,11,13,22H,9-10,12H2,1H3,(H,21,23). The molecule has 0 atom stereocenters. The van der Waals surface area contributed by atoms with Crippen LogP contribution in [0.1, 0.15) is 29.0 Å². The van der Waals surface area contributed by atoms with Crippen LogP contribution in [0.3, 0.4) is 0 Å². The van der Waals surface area contributed by atoms with Crippen LogP contribution in [0, 0.1) is 0 Å². The zero-order chi connectivity index (χ0) is 19.7. The van der Waals surface area contributed by atoms with Gasteiger partial charge in [0.2, 0.25) is 10.0 Å². The summed E-state index contributed by atoms with van der Waals surface area (Å²) in [6.07, 6.45) is 1.70. The minimum Gasteiger partial charge on any atom is -0.451 e. The Bertz CT molecular complexity index is 1130. The number of carbonyl (C=O) groups excluding carboxylic acids is 1. The van der Waals surface area contributed by atoms with Gasteiger partial charge < -0.3 is 14.5 Å². The lowest BCUT2D eigenvalue weighted by molar-refractivity contribution is 0.0992. The quantitative estimate of drug-likeness (QED) is 0.634. The summed E-state index contributed by atoms with van der Waals surface area (Å²) in [7, 11) is -2.06. The van der Waals surface area contributed by atoms with Crippen molar-refractivity contribution in [2.24, 2.45) is 0 Å².